The molecule has 0 heterocycles. The van der Waals surface area contributed by atoms with Crippen LogP contribution in [0.1, 0.15) is 40.0 Å². The van der Waals surface area contributed by atoms with E-state index in [1.165, 1.54) is 32.4 Å². The summed E-state index contributed by atoms with van der Waals surface area (Å²) < 4.78 is 0. The standard InChI is InChI=1S/C13H28N2/c1-11(2)9-12(3)15(4)8-7-14-10-13-5-6-13/h11-14H,5-10H2,1-4H3. The summed E-state index contributed by atoms with van der Waals surface area (Å²) in [5.41, 5.74) is 0. The maximum atomic E-state index is 3.54. The summed E-state index contributed by atoms with van der Waals surface area (Å²) in [7, 11) is 2.24. The minimum absolute atomic E-state index is 0.715. The molecule has 0 aromatic carbocycles. The second-order valence-electron chi connectivity index (χ2n) is 5.61. The van der Waals surface area contributed by atoms with E-state index in [0.717, 1.165) is 18.4 Å². The molecule has 0 aliphatic heterocycles. The summed E-state index contributed by atoms with van der Waals surface area (Å²) in [4.78, 5) is 2.47. The van der Waals surface area contributed by atoms with Gasteiger partial charge in [-0.1, -0.05) is 13.8 Å². The second kappa shape index (κ2) is 6.49. The third kappa shape index (κ3) is 6.16. The average Bonchev–Trinajstić information content (AvgIpc) is 2.94. The zero-order chi connectivity index (χ0) is 11.3. The van der Waals surface area contributed by atoms with E-state index in [0.29, 0.717) is 6.04 Å². The minimum atomic E-state index is 0.715. The van der Waals surface area contributed by atoms with Crippen LogP contribution in [0.15, 0.2) is 0 Å². The van der Waals surface area contributed by atoms with E-state index in [2.05, 4.69) is 38.0 Å². The Hall–Kier alpha value is -0.0800. The number of hydrogen-bond donors (Lipinski definition) is 1. The summed E-state index contributed by atoms with van der Waals surface area (Å²) in [6.45, 7) is 10.5. The summed E-state index contributed by atoms with van der Waals surface area (Å²) in [6.07, 6.45) is 4.21. The van der Waals surface area contributed by atoms with Gasteiger partial charge in [-0.15, -0.1) is 0 Å². The van der Waals surface area contributed by atoms with Gasteiger partial charge in [0.05, 0.1) is 0 Å². The lowest BCUT2D eigenvalue weighted by Gasteiger charge is -2.26. The van der Waals surface area contributed by atoms with E-state index in [4.69, 9.17) is 0 Å². The van der Waals surface area contributed by atoms with Crippen LogP contribution >= 0.6 is 0 Å². The first-order valence-electron chi connectivity index (χ1n) is 6.50. The lowest BCUT2D eigenvalue weighted by Crippen LogP contribution is -2.36. The van der Waals surface area contributed by atoms with Crippen LogP contribution in [0.4, 0.5) is 0 Å². The number of likely N-dealkylation sites (N-methyl/N-ethyl adjacent to an activating group) is 1. The van der Waals surface area contributed by atoms with Gasteiger partial charge in [0.25, 0.3) is 0 Å². The molecule has 0 saturated heterocycles. The quantitative estimate of drug-likeness (QED) is 0.621. The molecular formula is C13H28N2. The van der Waals surface area contributed by atoms with Gasteiger partial charge in [-0.25, -0.2) is 0 Å². The molecule has 1 rings (SSSR count). The van der Waals surface area contributed by atoms with E-state index in [-0.39, 0.29) is 0 Å². The Morgan fingerprint density at radius 2 is 1.93 bits per heavy atom. The molecule has 2 nitrogen and oxygen atoms in total. The van der Waals surface area contributed by atoms with E-state index < -0.39 is 0 Å². The molecular weight excluding hydrogens is 184 g/mol. The molecule has 2 heteroatoms. The van der Waals surface area contributed by atoms with Gasteiger partial charge in [-0.3, -0.25) is 0 Å². The molecule has 1 N–H and O–H groups in total. The van der Waals surface area contributed by atoms with E-state index in [1.54, 1.807) is 0 Å². The highest BCUT2D eigenvalue weighted by molar-refractivity contribution is 4.75. The molecule has 1 aliphatic rings. The number of rotatable bonds is 8. The zero-order valence-electron chi connectivity index (χ0n) is 10.9. The van der Waals surface area contributed by atoms with Crippen molar-refractivity contribution in [2.45, 2.75) is 46.1 Å². The molecule has 0 aromatic rings. The average molecular weight is 212 g/mol. The topological polar surface area (TPSA) is 15.3 Å². The molecule has 0 aromatic heterocycles. The van der Waals surface area contributed by atoms with Crippen LogP contribution in [0.2, 0.25) is 0 Å². The highest BCUT2D eigenvalue weighted by Gasteiger charge is 2.20. The Labute approximate surface area is 95.4 Å². The fraction of sp³-hybridized carbons (Fsp3) is 1.00. The van der Waals surface area contributed by atoms with Crippen LogP contribution in [0.25, 0.3) is 0 Å². The van der Waals surface area contributed by atoms with Gasteiger partial charge in [-0.2, -0.15) is 0 Å². The summed E-state index contributed by atoms with van der Waals surface area (Å²) >= 11 is 0. The Kier molecular flexibility index (Phi) is 5.62. The first-order valence-corrected chi connectivity index (χ1v) is 6.50. The van der Waals surface area contributed by atoms with Crippen molar-refractivity contribution in [1.29, 1.82) is 0 Å². The molecule has 0 radical (unpaired) electrons. The van der Waals surface area contributed by atoms with Crippen molar-refractivity contribution in [2.75, 3.05) is 26.7 Å². The Morgan fingerprint density at radius 3 is 2.47 bits per heavy atom. The number of nitrogens with zero attached hydrogens (tertiary/aromatic N) is 1. The van der Waals surface area contributed by atoms with Crippen LogP contribution in [0.3, 0.4) is 0 Å². The summed E-state index contributed by atoms with van der Waals surface area (Å²) in [5.74, 6) is 1.81. The van der Waals surface area contributed by atoms with Crippen LogP contribution in [-0.2, 0) is 0 Å². The van der Waals surface area contributed by atoms with Crippen LogP contribution < -0.4 is 5.32 Å². The van der Waals surface area contributed by atoms with Gasteiger partial charge < -0.3 is 10.2 Å². The fourth-order valence-corrected chi connectivity index (χ4v) is 1.97. The van der Waals surface area contributed by atoms with Gasteiger partial charge in [-0.05, 0) is 51.6 Å². The molecule has 0 spiro atoms. The van der Waals surface area contributed by atoms with Crippen molar-refractivity contribution in [2.24, 2.45) is 11.8 Å². The Morgan fingerprint density at radius 1 is 1.27 bits per heavy atom. The molecule has 0 amide bonds. The van der Waals surface area contributed by atoms with Gasteiger partial charge in [0.2, 0.25) is 0 Å². The first kappa shape index (κ1) is 13.0. The largest absolute Gasteiger partial charge is 0.315 e. The second-order valence-corrected chi connectivity index (χ2v) is 5.61. The summed E-state index contributed by atoms with van der Waals surface area (Å²) in [5, 5.41) is 3.54. The van der Waals surface area contributed by atoms with Gasteiger partial charge in [0, 0.05) is 19.1 Å². The Bertz CT molecular complexity index is 164. The monoisotopic (exact) mass is 212 g/mol. The predicted octanol–water partition coefficient (Wildman–Crippen LogP) is 2.35. The van der Waals surface area contributed by atoms with Gasteiger partial charge in [0.1, 0.15) is 0 Å². The first-order chi connectivity index (χ1) is 7.09. The maximum absolute atomic E-state index is 3.54. The SMILES string of the molecule is CC(C)CC(C)N(C)CCNCC1CC1. The third-order valence-electron chi connectivity index (χ3n) is 3.34. The van der Waals surface area contributed by atoms with Crippen LogP contribution in [-0.4, -0.2) is 37.6 Å². The van der Waals surface area contributed by atoms with E-state index in [1.807, 2.05) is 0 Å². The number of nitrogens with one attached hydrogen (secondary N) is 1. The van der Waals surface area contributed by atoms with Crippen molar-refractivity contribution in [3.05, 3.63) is 0 Å². The predicted molar refractivity (Wildman–Crippen MR) is 67.1 cm³/mol. The van der Waals surface area contributed by atoms with Crippen molar-refractivity contribution >= 4 is 0 Å². The van der Waals surface area contributed by atoms with Crippen molar-refractivity contribution in [3.63, 3.8) is 0 Å². The van der Waals surface area contributed by atoms with E-state index in [9.17, 15) is 0 Å². The summed E-state index contributed by atoms with van der Waals surface area (Å²) in [6, 6.07) is 0.715. The fourth-order valence-electron chi connectivity index (χ4n) is 1.97. The molecule has 0 bridgehead atoms. The Balaban J connectivity index is 1.97. The molecule has 1 fully saturated rings. The number of hydrogen-bond acceptors (Lipinski definition) is 2. The highest BCUT2D eigenvalue weighted by atomic mass is 15.1. The molecule has 1 saturated carbocycles. The van der Waals surface area contributed by atoms with Crippen LogP contribution in [0, 0.1) is 11.8 Å². The molecule has 1 aliphatic carbocycles. The minimum Gasteiger partial charge on any atom is -0.315 e. The van der Waals surface area contributed by atoms with Crippen molar-refractivity contribution in [3.8, 4) is 0 Å². The van der Waals surface area contributed by atoms with Gasteiger partial charge in [0.15, 0.2) is 0 Å². The maximum Gasteiger partial charge on any atom is 0.0107 e. The third-order valence-corrected chi connectivity index (χ3v) is 3.34. The zero-order valence-corrected chi connectivity index (χ0v) is 10.9. The molecule has 1 atom stereocenters. The molecule has 15 heavy (non-hydrogen) atoms. The lowest BCUT2D eigenvalue weighted by atomic mass is 10.0. The highest BCUT2D eigenvalue weighted by Crippen LogP contribution is 2.27. The molecule has 1 unspecified atom stereocenters. The lowest BCUT2D eigenvalue weighted by molar-refractivity contribution is 0.228. The smallest absolute Gasteiger partial charge is 0.0107 e. The normalized spacial score (nSPS) is 18.8. The van der Waals surface area contributed by atoms with Crippen molar-refractivity contribution < 1.29 is 0 Å². The van der Waals surface area contributed by atoms with Gasteiger partial charge >= 0.3 is 0 Å². The van der Waals surface area contributed by atoms with E-state index >= 15 is 0 Å². The van der Waals surface area contributed by atoms with Crippen LogP contribution in [0.5, 0.6) is 0 Å². The van der Waals surface area contributed by atoms with Crippen molar-refractivity contribution in [1.82, 2.24) is 10.2 Å². The molecule has 90 valence electrons.